The number of esters is 1. The number of carbonyl (C=O) groups is 3. The lowest BCUT2D eigenvalue weighted by molar-refractivity contribution is -0.164. The largest absolute Gasteiger partial charge is 0.506 e. The molecular weight excluding hydrogens is 849 g/mol. The van der Waals surface area contributed by atoms with Crippen molar-refractivity contribution in [1.82, 2.24) is 20.1 Å². The number of hydrogen-bond acceptors (Lipinski definition) is 10. The molecule has 5 N–H and O–H groups in total. The van der Waals surface area contributed by atoms with Gasteiger partial charge >= 0.3 is 5.97 Å². The third kappa shape index (κ3) is 11.6. The van der Waals surface area contributed by atoms with E-state index in [4.69, 9.17) is 9.47 Å². The Morgan fingerprint density at radius 2 is 1.54 bits per heavy atom. The SMILES string of the molecule is O=C(N[C@@H]1CCCN(C(=O)COc2cccc([C@](O)(C(=O)OCC3CCN(Cc4ccccc4)CC3)c3ccccc3)c2)C1)c1ccc(CCC[C@H](O)c2ccc(O)c3[nH]c(=O)ccc23)cc1. The van der Waals surface area contributed by atoms with E-state index in [1.54, 1.807) is 77.7 Å². The molecule has 13 nitrogen and oxygen atoms in total. The van der Waals surface area contributed by atoms with Gasteiger partial charge in [-0.15, -0.1) is 0 Å². The number of piperidine rings is 2. The molecule has 0 radical (unpaired) electrons. The Bertz CT molecular complexity index is 2690. The predicted octanol–water partition coefficient (Wildman–Crippen LogP) is 6.78. The highest BCUT2D eigenvalue weighted by molar-refractivity contribution is 5.94. The first kappa shape index (κ1) is 46.7. The number of aliphatic hydroxyl groups is 2. The van der Waals surface area contributed by atoms with E-state index in [1.165, 1.54) is 17.7 Å². The number of nitrogens with one attached hydrogen (secondary N) is 2. The van der Waals surface area contributed by atoms with Crippen LogP contribution in [0.5, 0.6) is 11.5 Å². The molecule has 1 aromatic heterocycles. The number of ether oxygens (including phenoxy) is 2. The summed E-state index contributed by atoms with van der Waals surface area (Å²) in [7, 11) is 0. The average Bonchev–Trinajstić information content (AvgIpc) is 3.36. The van der Waals surface area contributed by atoms with Gasteiger partial charge in [-0.05, 0) is 123 Å². The minimum Gasteiger partial charge on any atom is -0.506 e. The van der Waals surface area contributed by atoms with Gasteiger partial charge in [0.05, 0.1) is 18.2 Å². The zero-order valence-corrected chi connectivity index (χ0v) is 37.5. The molecule has 5 aromatic carbocycles. The second-order valence-corrected chi connectivity index (χ2v) is 17.7. The summed E-state index contributed by atoms with van der Waals surface area (Å²) in [4.78, 5) is 59.2. The number of likely N-dealkylation sites (tertiary alicyclic amines) is 2. The number of H-pyrrole nitrogens is 1. The maximum atomic E-state index is 13.9. The first-order chi connectivity index (χ1) is 32.5. The molecular formula is C54H58N4O9. The second kappa shape index (κ2) is 21.7. The maximum absolute atomic E-state index is 13.9. The second-order valence-electron chi connectivity index (χ2n) is 17.7. The van der Waals surface area contributed by atoms with Gasteiger partial charge in [-0.3, -0.25) is 19.3 Å². The number of fused-ring (bicyclic) bond motifs is 1. The smallest absolute Gasteiger partial charge is 0.347 e. The van der Waals surface area contributed by atoms with E-state index < -0.39 is 17.7 Å². The van der Waals surface area contributed by atoms with Crippen LogP contribution in [-0.2, 0) is 32.9 Å². The van der Waals surface area contributed by atoms with Crippen molar-refractivity contribution in [3.8, 4) is 11.5 Å². The molecule has 3 atom stereocenters. The van der Waals surface area contributed by atoms with Crippen LogP contribution < -0.4 is 15.6 Å². The van der Waals surface area contributed by atoms with Crippen molar-refractivity contribution in [2.45, 2.75) is 69.2 Å². The van der Waals surface area contributed by atoms with Gasteiger partial charge in [0.1, 0.15) is 11.5 Å². The van der Waals surface area contributed by atoms with Gasteiger partial charge in [-0.1, -0.05) is 91.0 Å². The quantitative estimate of drug-likeness (QED) is 0.0613. The number of nitrogens with zero attached hydrogens (tertiary/aromatic N) is 2. The van der Waals surface area contributed by atoms with E-state index >= 15 is 0 Å². The number of aryl methyl sites for hydroxylation is 1. The summed E-state index contributed by atoms with van der Waals surface area (Å²) in [6.45, 7) is 3.45. The monoisotopic (exact) mass is 906 g/mol. The van der Waals surface area contributed by atoms with Gasteiger partial charge in [-0.2, -0.15) is 0 Å². The van der Waals surface area contributed by atoms with Gasteiger partial charge in [-0.25, -0.2) is 4.79 Å². The van der Waals surface area contributed by atoms with Crippen LogP contribution >= 0.6 is 0 Å². The molecule has 0 spiro atoms. The van der Waals surface area contributed by atoms with Crippen LogP contribution in [0.4, 0.5) is 0 Å². The number of amides is 2. The number of benzene rings is 5. The fourth-order valence-corrected chi connectivity index (χ4v) is 9.20. The number of rotatable bonds is 17. The van der Waals surface area contributed by atoms with Crippen molar-refractivity contribution >= 4 is 28.7 Å². The van der Waals surface area contributed by atoms with Gasteiger partial charge in [0, 0.05) is 48.3 Å². The fourth-order valence-electron chi connectivity index (χ4n) is 9.20. The third-order valence-electron chi connectivity index (χ3n) is 13.0. The molecule has 2 amide bonds. The van der Waals surface area contributed by atoms with Crippen molar-refractivity contribution in [2.75, 3.05) is 39.4 Å². The van der Waals surface area contributed by atoms with Crippen molar-refractivity contribution in [3.05, 3.63) is 177 Å². The molecule has 67 heavy (non-hydrogen) atoms. The first-order valence-corrected chi connectivity index (χ1v) is 23.2. The van der Waals surface area contributed by atoms with Crippen LogP contribution in [0.3, 0.4) is 0 Å². The zero-order chi connectivity index (χ0) is 46.8. The van der Waals surface area contributed by atoms with Crippen LogP contribution in [0, 0.1) is 5.92 Å². The molecule has 13 heteroatoms. The van der Waals surface area contributed by atoms with E-state index in [-0.39, 0.29) is 53.9 Å². The summed E-state index contributed by atoms with van der Waals surface area (Å²) >= 11 is 0. The molecule has 2 aliphatic rings. The van der Waals surface area contributed by atoms with Gasteiger partial charge in [0.2, 0.25) is 11.2 Å². The highest BCUT2D eigenvalue weighted by Gasteiger charge is 2.42. The summed E-state index contributed by atoms with van der Waals surface area (Å²) in [5, 5.41) is 37.0. The van der Waals surface area contributed by atoms with E-state index in [0.717, 1.165) is 38.0 Å². The van der Waals surface area contributed by atoms with Crippen LogP contribution in [0.1, 0.15) is 82.8 Å². The third-order valence-corrected chi connectivity index (χ3v) is 13.0. The number of aromatic hydroxyl groups is 1. The Morgan fingerprint density at radius 1 is 0.806 bits per heavy atom. The van der Waals surface area contributed by atoms with Gasteiger partial charge in [0.15, 0.2) is 6.61 Å². The van der Waals surface area contributed by atoms with E-state index in [0.29, 0.717) is 78.5 Å². The van der Waals surface area contributed by atoms with Gasteiger partial charge in [0.25, 0.3) is 11.8 Å². The van der Waals surface area contributed by atoms with Gasteiger partial charge < -0.3 is 40.0 Å². The molecule has 3 heterocycles. The zero-order valence-electron chi connectivity index (χ0n) is 37.5. The lowest BCUT2D eigenvalue weighted by Gasteiger charge is -2.33. The summed E-state index contributed by atoms with van der Waals surface area (Å²) in [5.41, 5.74) is 1.88. The molecule has 0 bridgehead atoms. The van der Waals surface area contributed by atoms with Crippen molar-refractivity contribution in [1.29, 1.82) is 0 Å². The highest BCUT2D eigenvalue weighted by atomic mass is 16.5. The molecule has 348 valence electrons. The van der Waals surface area contributed by atoms with Crippen LogP contribution in [0.2, 0.25) is 0 Å². The minimum atomic E-state index is -2.11. The fraction of sp³-hybridized carbons (Fsp3) is 0.333. The van der Waals surface area contributed by atoms with E-state index in [1.807, 2.05) is 36.4 Å². The Labute approximate surface area is 390 Å². The predicted molar refractivity (Wildman–Crippen MR) is 254 cm³/mol. The van der Waals surface area contributed by atoms with Crippen LogP contribution in [0.25, 0.3) is 10.9 Å². The standard InChI is InChI=1S/C54H58N4O9/c59-47(45-23-25-48(60)51-46(45)24-26-49(61)56-51)18-7-12-37-19-21-40(22-20-37)52(63)55-43-16-9-29-58(34-43)50(62)36-66-44-17-8-15-42(32-44)54(65,41-13-5-2-6-14-41)53(64)67-35-39-27-30-57(31-28-39)33-38-10-3-1-4-11-38/h1-6,8,10-11,13-15,17,19-26,32,39,43,47,59-60,65H,7,9,12,16,18,27-31,33-36H2,(H,55,63)(H,56,61)/t43-,47+,54+/m1/s1. The molecule has 2 saturated heterocycles. The highest BCUT2D eigenvalue weighted by Crippen LogP contribution is 2.35. The van der Waals surface area contributed by atoms with E-state index in [2.05, 4.69) is 27.3 Å². The molecule has 2 aliphatic heterocycles. The molecule has 0 unspecified atom stereocenters. The number of pyridine rings is 1. The number of aliphatic hydroxyl groups excluding tert-OH is 1. The van der Waals surface area contributed by atoms with Crippen LogP contribution in [0.15, 0.2) is 138 Å². The number of hydrogen-bond donors (Lipinski definition) is 5. The molecule has 0 saturated carbocycles. The Balaban J connectivity index is 0.807. The summed E-state index contributed by atoms with van der Waals surface area (Å²) in [6, 6.07) is 38.8. The number of phenols is 1. The topological polar surface area (TPSA) is 182 Å². The number of phenolic OH excluding ortho intramolecular Hbond substituents is 1. The first-order valence-electron chi connectivity index (χ1n) is 23.2. The summed E-state index contributed by atoms with van der Waals surface area (Å²) in [6.07, 6.45) is 4.18. The van der Waals surface area contributed by atoms with Crippen molar-refractivity contribution in [2.24, 2.45) is 5.92 Å². The number of aromatic nitrogens is 1. The lowest BCUT2D eigenvalue weighted by atomic mass is 9.86. The molecule has 2 fully saturated rings. The number of aromatic amines is 1. The normalized spacial score (nSPS) is 17.0. The lowest BCUT2D eigenvalue weighted by Crippen LogP contribution is -2.50. The summed E-state index contributed by atoms with van der Waals surface area (Å²) in [5.74, 6) is -0.829. The Hall–Kier alpha value is -6.80. The molecule has 6 aromatic rings. The molecule has 8 rings (SSSR count). The molecule has 0 aliphatic carbocycles. The maximum Gasteiger partial charge on any atom is 0.347 e. The van der Waals surface area contributed by atoms with Crippen LogP contribution in [-0.4, -0.2) is 93.3 Å². The van der Waals surface area contributed by atoms with Crippen molar-refractivity contribution < 1.29 is 39.2 Å². The van der Waals surface area contributed by atoms with E-state index in [9.17, 15) is 34.5 Å². The number of carbonyl (C=O) groups excluding carboxylic acids is 3. The Kier molecular flexibility index (Phi) is 15.1. The van der Waals surface area contributed by atoms with Crippen molar-refractivity contribution in [3.63, 3.8) is 0 Å². The average molecular weight is 907 g/mol. The summed E-state index contributed by atoms with van der Waals surface area (Å²) < 4.78 is 11.9. The minimum absolute atomic E-state index is 0.0552. The Morgan fingerprint density at radius 3 is 2.30 bits per heavy atom.